The van der Waals surface area contributed by atoms with Gasteiger partial charge in [-0.1, -0.05) is 35.9 Å². The molecule has 2 aromatic carbocycles. The molecule has 0 saturated carbocycles. The van der Waals surface area contributed by atoms with E-state index in [-0.39, 0.29) is 0 Å². The Hall–Kier alpha value is -1.32. The molecule has 0 amide bonds. The average molecular weight is 292 g/mol. The van der Waals surface area contributed by atoms with E-state index in [9.17, 15) is 0 Å². The largest absolute Gasteiger partial charge is 0.493 e. The Balaban J connectivity index is 1.75. The summed E-state index contributed by atoms with van der Waals surface area (Å²) in [4.78, 5) is 0.966. The van der Waals surface area contributed by atoms with Crippen molar-refractivity contribution in [1.82, 2.24) is 0 Å². The fourth-order valence-electron chi connectivity index (χ4n) is 2.23. The minimum atomic E-state index is 0.400. The lowest BCUT2D eigenvalue weighted by atomic mass is 10.0. The molecule has 1 unspecified atom stereocenters. The van der Waals surface area contributed by atoms with Gasteiger partial charge in [-0.25, -0.2) is 0 Å². The first-order valence-corrected chi connectivity index (χ1v) is 7.50. The molecule has 0 aromatic heterocycles. The molecule has 0 aliphatic carbocycles. The summed E-state index contributed by atoms with van der Waals surface area (Å²) in [5.74, 6) is 2.32. The van der Waals surface area contributed by atoms with Crippen molar-refractivity contribution >= 4 is 29.1 Å². The molecule has 1 atom stereocenters. The van der Waals surface area contributed by atoms with Gasteiger partial charge in [-0.2, -0.15) is 0 Å². The van der Waals surface area contributed by atoms with E-state index in [2.05, 4.69) is 12.1 Å². The van der Waals surface area contributed by atoms with E-state index < -0.39 is 0 Å². The van der Waals surface area contributed by atoms with Gasteiger partial charge in [0.05, 0.1) is 11.6 Å². The number of nitrogen functional groups attached to an aromatic ring is 1. The van der Waals surface area contributed by atoms with E-state index in [4.69, 9.17) is 22.1 Å². The molecule has 1 aliphatic heterocycles. The summed E-state index contributed by atoms with van der Waals surface area (Å²) in [7, 11) is 0. The van der Waals surface area contributed by atoms with Crippen molar-refractivity contribution in [3.05, 3.63) is 53.1 Å². The molecule has 0 fully saturated rings. The van der Waals surface area contributed by atoms with Crippen LogP contribution in [0.5, 0.6) is 5.75 Å². The monoisotopic (exact) mass is 291 g/mol. The predicted octanol–water partition coefficient (Wildman–Crippen LogP) is 4.19. The first-order chi connectivity index (χ1) is 9.25. The summed E-state index contributed by atoms with van der Waals surface area (Å²) >= 11 is 7.88. The Bertz CT molecular complexity index is 582. The molecular weight excluding hydrogens is 278 g/mol. The Kier molecular flexibility index (Phi) is 3.58. The zero-order valence-corrected chi connectivity index (χ0v) is 11.9. The van der Waals surface area contributed by atoms with Gasteiger partial charge in [0.25, 0.3) is 0 Å². The lowest BCUT2D eigenvalue weighted by molar-refractivity contribution is 0.339. The Morgan fingerprint density at radius 2 is 2.05 bits per heavy atom. The Morgan fingerprint density at radius 1 is 1.21 bits per heavy atom. The van der Waals surface area contributed by atoms with Crippen LogP contribution in [0.2, 0.25) is 5.02 Å². The van der Waals surface area contributed by atoms with Crippen LogP contribution in [0.3, 0.4) is 0 Å². The topological polar surface area (TPSA) is 35.2 Å². The van der Waals surface area contributed by atoms with Gasteiger partial charge in [0.15, 0.2) is 0 Å². The first kappa shape index (κ1) is 12.7. The molecule has 0 radical (unpaired) electrons. The number of nitrogens with two attached hydrogens (primary N) is 1. The van der Waals surface area contributed by atoms with E-state index in [1.807, 2.05) is 30.3 Å². The second-order valence-corrected chi connectivity index (χ2v) is 5.95. The van der Waals surface area contributed by atoms with Crippen molar-refractivity contribution in [2.75, 3.05) is 18.1 Å². The quantitative estimate of drug-likeness (QED) is 0.680. The zero-order chi connectivity index (χ0) is 13.2. The van der Waals surface area contributed by atoms with Crippen LogP contribution in [0.1, 0.15) is 11.5 Å². The van der Waals surface area contributed by atoms with Crippen LogP contribution < -0.4 is 10.5 Å². The van der Waals surface area contributed by atoms with Crippen LogP contribution in [0, 0.1) is 0 Å². The highest BCUT2D eigenvalue weighted by atomic mass is 35.5. The van der Waals surface area contributed by atoms with Crippen molar-refractivity contribution in [3.63, 3.8) is 0 Å². The highest BCUT2D eigenvalue weighted by molar-refractivity contribution is 7.99. The fourth-order valence-corrected chi connectivity index (χ4v) is 3.66. The van der Waals surface area contributed by atoms with Crippen LogP contribution in [0.4, 0.5) is 5.69 Å². The van der Waals surface area contributed by atoms with Crippen LogP contribution >= 0.6 is 23.4 Å². The van der Waals surface area contributed by atoms with Crippen molar-refractivity contribution in [3.8, 4) is 5.75 Å². The number of benzene rings is 2. The van der Waals surface area contributed by atoms with E-state index in [1.165, 1.54) is 5.56 Å². The van der Waals surface area contributed by atoms with E-state index in [1.54, 1.807) is 11.8 Å². The lowest BCUT2D eigenvalue weighted by Gasteiger charge is -2.11. The number of hydrogen-bond acceptors (Lipinski definition) is 3. The second kappa shape index (κ2) is 5.35. The standard InChI is InChI=1S/C15H14ClNOS/c16-12-5-3-6-13(17)15(12)19-9-10-8-18-14-7-2-1-4-11(10)14/h1-7,10H,8-9,17H2. The molecule has 0 spiro atoms. The molecule has 1 aliphatic rings. The van der Waals surface area contributed by atoms with Crippen LogP contribution in [0.15, 0.2) is 47.4 Å². The highest BCUT2D eigenvalue weighted by Gasteiger charge is 2.24. The number of rotatable bonds is 3. The van der Waals surface area contributed by atoms with Crippen LogP contribution in [0.25, 0.3) is 0 Å². The average Bonchev–Trinajstić information content (AvgIpc) is 2.82. The van der Waals surface area contributed by atoms with E-state index in [0.717, 1.165) is 33.7 Å². The lowest BCUT2D eigenvalue weighted by Crippen LogP contribution is -2.04. The molecule has 98 valence electrons. The number of halogens is 1. The summed E-state index contributed by atoms with van der Waals surface area (Å²) in [5.41, 5.74) is 7.98. The van der Waals surface area contributed by atoms with Gasteiger partial charge >= 0.3 is 0 Å². The number of hydrogen-bond donors (Lipinski definition) is 1. The van der Waals surface area contributed by atoms with Gasteiger partial charge in [0.2, 0.25) is 0 Å². The van der Waals surface area contributed by atoms with E-state index >= 15 is 0 Å². The van der Waals surface area contributed by atoms with Crippen molar-refractivity contribution in [2.24, 2.45) is 0 Å². The summed E-state index contributed by atoms with van der Waals surface area (Å²) in [5, 5.41) is 0.720. The van der Waals surface area contributed by atoms with Crippen molar-refractivity contribution < 1.29 is 4.74 Å². The van der Waals surface area contributed by atoms with Crippen LogP contribution in [-0.2, 0) is 0 Å². The van der Waals surface area contributed by atoms with Crippen LogP contribution in [-0.4, -0.2) is 12.4 Å². The molecule has 2 N–H and O–H groups in total. The molecule has 0 bridgehead atoms. The smallest absolute Gasteiger partial charge is 0.122 e. The zero-order valence-electron chi connectivity index (χ0n) is 10.3. The first-order valence-electron chi connectivity index (χ1n) is 6.14. The maximum Gasteiger partial charge on any atom is 0.122 e. The predicted molar refractivity (Wildman–Crippen MR) is 81.3 cm³/mol. The SMILES string of the molecule is Nc1cccc(Cl)c1SCC1COc2ccccc21. The van der Waals surface area contributed by atoms with Gasteiger partial charge in [-0.15, -0.1) is 11.8 Å². The summed E-state index contributed by atoms with van der Waals surface area (Å²) in [6.07, 6.45) is 0. The molecule has 1 heterocycles. The fraction of sp³-hybridized carbons (Fsp3) is 0.200. The molecule has 0 saturated heterocycles. The second-order valence-electron chi connectivity index (χ2n) is 4.51. The number of anilines is 1. The molecule has 4 heteroatoms. The maximum absolute atomic E-state index is 6.18. The maximum atomic E-state index is 6.18. The van der Waals surface area contributed by atoms with Crippen molar-refractivity contribution in [1.29, 1.82) is 0 Å². The normalized spacial score (nSPS) is 17.0. The van der Waals surface area contributed by atoms with Gasteiger partial charge in [-0.3, -0.25) is 0 Å². The van der Waals surface area contributed by atoms with Gasteiger partial charge in [0, 0.05) is 27.8 Å². The minimum absolute atomic E-state index is 0.400. The van der Waals surface area contributed by atoms with Gasteiger partial charge in [-0.05, 0) is 18.2 Å². The molecule has 19 heavy (non-hydrogen) atoms. The number of ether oxygens (including phenoxy) is 1. The molecular formula is C15H14ClNOS. The van der Waals surface area contributed by atoms with Gasteiger partial charge in [0.1, 0.15) is 5.75 Å². The summed E-state index contributed by atoms with van der Waals surface area (Å²) < 4.78 is 5.68. The summed E-state index contributed by atoms with van der Waals surface area (Å²) in [6, 6.07) is 13.8. The van der Waals surface area contributed by atoms with Gasteiger partial charge < -0.3 is 10.5 Å². The van der Waals surface area contributed by atoms with Crippen molar-refractivity contribution in [2.45, 2.75) is 10.8 Å². The third-order valence-electron chi connectivity index (χ3n) is 3.23. The number of fused-ring (bicyclic) bond motifs is 1. The Labute approximate surface area is 121 Å². The summed E-state index contributed by atoms with van der Waals surface area (Å²) in [6.45, 7) is 0.733. The highest BCUT2D eigenvalue weighted by Crippen LogP contribution is 2.39. The molecule has 2 nitrogen and oxygen atoms in total. The third kappa shape index (κ3) is 2.53. The molecule has 3 rings (SSSR count). The number of para-hydroxylation sites is 1. The third-order valence-corrected chi connectivity index (χ3v) is 4.97. The molecule has 2 aromatic rings. The minimum Gasteiger partial charge on any atom is -0.493 e. The van der Waals surface area contributed by atoms with E-state index in [0.29, 0.717) is 5.92 Å². The Morgan fingerprint density at radius 3 is 2.89 bits per heavy atom. The number of thioether (sulfide) groups is 1.